The van der Waals surface area contributed by atoms with Crippen LogP contribution in [0.15, 0.2) is 40.4 Å². The summed E-state index contributed by atoms with van der Waals surface area (Å²) in [6.45, 7) is 0. The fourth-order valence-corrected chi connectivity index (χ4v) is 2.35. The summed E-state index contributed by atoms with van der Waals surface area (Å²) in [6.07, 6.45) is -4.50. The summed E-state index contributed by atoms with van der Waals surface area (Å²) in [5, 5.41) is 0.801. The standard InChI is InChI=1S/C11H13F3N2O2S/c1-16(2)10(15)7-19(17,18)9-5-3-8(4-6-9)11(12,13)14/h3-7H,15H2,1-2H3/b10-7+. The van der Waals surface area contributed by atoms with Crippen molar-refractivity contribution < 1.29 is 21.6 Å². The minimum absolute atomic E-state index is 0.0140. The lowest BCUT2D eigenvalue weighted by Gasteiger charge is -2.12. The number of halogens is 3. The van der Waals surface area contributed by atoms with Crippen LogP contribution in [0, 0.1) is 0 Å². The average molecular weight is 294 g/mol. The highest BCUT2D eigenvalue weighted by Gasteiger charge is 2.30. The maximum Gasteiger partial charge on any atom is 0.416 e. The van der Waals surface area contributed by atoms with Crippen molar-refractivity contribution in [3.63, 3.8) is 0 Å². The predicted molar refractivity (Wildman–Crippen MR) is 64.6 cm³/mol. The van der Waals surface area contributed by atoms with Crippen LogP contribution >= 0.6 is 0 Å². The number of benzene rings is 1. The van der Waals surface area contributed by atoms with E-state index in [-0.39, 0.29) is 10.7 Å². The molecular weight excluding hydrogens is 281 g/mol. The normalized spacial score (nSPS) is 13.4. The molecule has 1 aromatic carbocycles. The first-order chi connectivity index (χ1) is 8.54. The third-order valence-corrected chi connectivity index (χ3v) is 3.78. The number of alkyl halides is 3. The molecule has 8 heteroatoms. The van der Waals surface area contributed by atoms with Crippen LogP contribution in [-0.2, 0) is 16.0 Å². The molecule has 0 aliphatic heterocycles. The van der Waals surface area contributed by atoms with Crippen LogP contribution in [0.4, 0.5) is 13.2 Å². The summed E-state index contributed by atoms with van der Waals surface area (Å²) in [5.74, 6) is -0.0140. The van der Waals surface area contributed by atoms with Crippen LogP contribution in [0.1, 0.15) is 5.56 Å². The Morgan fingerprint density at radius 2 is 1.68 bits per heavy atom. The van der Waals surface area contributed by atoms with Crippen molar-refractivity contribution in [1.82, 2.24) is 4.90 Å². The van der Waals surface area contributed by atoms with Crippen LogP contribution in [0.25, 0.3) is 0 Å². The minimum atomic E-state index is -4.50. The molecule has 2 N–H and O–H groups in total. The van der Waals surface area contributed by atoms with E-state index in [4.69, 9.17) is 5.73 Å². The monoisotopic (exact) mass is 294 g/mol. The Hall–Kier alpha value is -1.70. The molecule has 0 atom stereocenters. The van der Waals surface area contributed by atoms with Crippen LogP contribution < -0.4 is 5.73 Å². The zero-order valence-electron chi connectivity index (χ0n) is 10.3. The topological polar surface area (TPSA) is 63.4 Å². The number of nitrogens with two attached hydrogens (primary N) is 1. The largest absolute Gasteiger partial charge is 0.416 e. The van der Waals surface area contributed by atoms with E-state index in [9.17, 15) is 21.6 Å². The second-order valence-electron chi connectivity index (χ2n) is 4.00. The summed E-state index contributed by atoms with van der Waals surface area (Å²) in [6, 6.07) is 3.23. The Labute approximate surface area is 109 Å². The Kier molecular flexibility index (Phi) is 4.14. The predicted octanol–water partition coefficient (Wildman–Crippen LogP) is 1.80. The highest BCUT2D eigenvalue weighted by atomic mass is 32.2. The maximum absolute atomic E-state index is 12.3. The molecule has 0 bridgehead atoms. The number of rotatable bonds is 3. The van der Waals surface area contributed by atoms with Gasteiger partial charge in [-0.1, -0.05) is 0 Å². The zero-order valence-corrected chi connectivity index (χ0v) is 11.1. The summed E-state index contributed by atoms with van der Waals surface area (Å²) in [4.78, 5) is 1.13. The van der Waals surface area contributed by atoms with Crippen molar-refractivity contribution in [1.29, 1.82) is 0 Å². The van der Waals surface area contributed by atoms with Crippen molar-refractivity contribution in [3.05, 3.63) is 41.1 Å². The van der Waals surface area contributed by atoms with Crippen LogP contribution in [0.2, 0.25) is 0 Å². The van der Waals surface area contributed by atoms with Gasteiger partial charge in [-0.05, 0) is 24.3 Å². The molecule has 1 aromatic rings. The van der Waals surface area contributed by atoms with Gasteiger partial charge in [-0.2, -0.15) is 13.2 Å². The fourth-order valence-electron chi connectivity index (χ4n) is 1.17. The Morgan fingerprint density at radius 1 is 1.21 bits per heavy atom. The molecule has 4 nitrogen and oxygen atoms in total. The maximum atomic E-state index is 12.3. The molecule has 0 saturated heterocycles. The minimum Gasteiger partial charge on any atom is -0.385 e. The van der Waals surface area contributed by atoms with Gasteiger partial charge >= 0.3 is 6.18 Å². The lowest BCUT2D eigenvalue weighted by Crippen LogP contribution is -2.19. The van der Waals surface area contributed by atoms with Gasteiger partial charge < -0.3 is 10.6 Å². The van der Waals surface area contributed by atoms with E-state index >= 15 is 0 Å². The van der Waals surface area contributed by atoms with Gasteiger partial charge in [0, 0.05) is 14.1 Å². The fraction of sp³-hybridized carbons (Fsp3) is 0.273. The molecule has 1 rings (SSSR count). The molecule has 0 spiro atoms. The van der Waals surface area contributed by atoms with E-state index in [2.05, 4.69) is 0 Å². The van der Waals surface area contributed by atoms with Crippen LogP contribution in [0.5, 0.6) is 0 Å². The van der Waals surface area contributed by atoms with Crippen LogP contribution in [0.3, 0.4) is 0 Å². The smallest absolute Gasteiger partial charge is 0.385 e. The van der Waals surface area contributed by atoms with Gasteiger partial charge in [0.2, 0.25) is 9.84 Å². The number of nitrogens with zero attached hydrogens (tertiary/aromatic N) is 1. The lowest BCUT2D eigenvalue weighted by molar-refractivity contribution is -0.137. The van der Waals surface area contributed by atoms with Gasteiger partial charge in [-0.25, -0.2) is 8.42 Å². The van der Waals surface area contributed by atoms with E-state index in [1.807, 2.05) is 0 Å². The molecule has 106 valence electrons. The number of hydrogen-bond acceptors (Lipinski definition) is 4. The molecule has 0 unspecified atom stereocenters. The summed E-state index contributed by atoms with van der Waals surface area (Å²) in [5.41, 5.74) is 4.56. The highest BCUT2D eigenvalue weighted by molar-refractivity contribution is 7.94. The van der Waals surface area contributed by atoms with E-state index in [1.165, 1.54) is 4.90 Å². The number of sulfone groups is 1. The van der Waals surface area contributed by atoms with Crippen molar-refractivity contribution in [3.8, 4) is 0 Å². The first-order valence-electron chi connectivity index (χ1n) is 5.11. The first-order valence-corrected chi connectivity index (χ1v) is 6.65. The Balaban J connectivity index is 3.15. The highest BCUT2D eigenvalue weighted by Crippen LogP contribution is 2.29. The summed E-state index contributed by atoms with van der Waals surface area (Å²) >= 11 is 0. The molecule has 19 heavy (non-hydrogen) atoms. The van der Waals surface area contributed by atoms with Crippen molar-refractivity contribution >= 4 is 9.84 Å². The molecule has 0 saturated carbocycles. The van der Waals surface area contributed by atoms with E-state index in [0.29, 0.717) is 12.1 Å². The van der Waals surface area contributed by atoms with Gasteiger partial charge in [0.1, 0.15) is 5.82 Å². The van der Waals surface area contributed by atoms with Gasteiger partial charge in [-0.15, -0.1) is 0 Å². The van der Waals surface area contributed by atoms with E-state index in [0.717, 1.165) is 17.5 Å². The SMILES string of the molecule is CN(C)/C(N)=C/S(=O)(=O)c1ccc(C(F)(F)F)cc1. The van der Waals surface area contributed by atoms with Crippen molar-refractivity contribution in [2.45, 2.75) is 11.1 Å². The zero-order chi connectivity index (χ0) is 14.8. The number of hydrogen-bond donors (Lipinski definition) is 1. The van der Waals surface area contributed by atoms with Crippen LogP contribution in [-0.4, -0.2) is 27.4 Å². The quantitative estimate of drug-likeness (QED) is 0.923. The van der Waals surface area contributed by atoms with Gasteiger partial charge in [-0.3, -0.25) is 0 Å². The molecule has 0 amide bonds. The summed E-state index contributed by atoms with van der Waals surface area (Å²) < 4.78 is 60.7. The molecule has 0 heterocycles. The molecule has 0 aliphatic rings. The van der Waals surface area contributed by atoms with Crippen molar-refractivity contribution in [2.24, 2.45) is 5.73 Å². The first kappa shape index (κ1) is 15.4. The van der Waals surface area contributed by atoms with Gasteiger partial charge in [0.25, 0.3) is 0 Å². The summed E-state index contributed by atoms with van der Waals surface area (Å²) in [7, 11) is -0.763. The molecule has 0 radical (unpaired) electrons. The third-order valence-electron chi connectivity index (χ3n) is 2.30. The lowest BCUT2D eigenvalue weighted by atomic mass is 10.2. The molecule has 0 fully saturated rings. The van der Waals surface area contributed by atoms with Gasteiger partial charge in [0.15, 0.2) is 0 Å². The second kappa shape index (κ2) is 5.12. The Bertz CT molecular complexity index is 575. The average Bonchev–Trinajstić information content (AvgIpc) is 2.27. The third kappa shape index (κ3) is 3.88. The van der Waals surface area contributed by atoms with E-state index in [1.54, 1.807) is 14.1 Å². The Morgan fingerprint density at radius 3 is 2.05 bits per heavy atom. The second-order valence-corrected chi connectivity index (χ2v) is 5.80. The van der Waals surface area contributed by atoms with Gasteiger partial charge in [0.05, 0.1) is 15.9 Å². The molecule has 0 aromatic heterocycles. The molecule has 0 aliphatic carbocycles. The van der Waals surface area contributed by atoms with E-state index < -0.39 is 21.6 Å². The van der Waals surface area contributed by atoms with Crippen molar-refractivity contribution in [2.75, 3.05) is 14.1 Å². The molecular formula is C11H13F3N2O2S.